The lowest BCUT2D eigenvalue weighted by molar-refractivity contribution is -0.116. The number of benzene rings is 1. The standard InChI is InChI=1S/C15H20N4O2/c1-4-16-11(3)7-14(20)18-13-8-12(6-5-10(13)2)15-19-17-9-21-15/h5-6,8-9,11,16H,4,7H2,1-3H3,(H,18,20). The molecule has 6 heteroatoms. The van der Waals surface area contributed by atoms with Gasteiger partial charge in [0.15, 0.2) is 0 Å². The van der Waals surface area contributed by atoms with Crippen molar-refractivity contribution in [3.8, 4) is 11.5 Å². The first-order chi connectivity index (χ1) is 10.1. The number of nitrogens with one attached hydrogen (secondary N) is 2. The van der Waals surface area contributed by atoms with Crippen molar-refractivity contribution in [2.24, 2.45) is 0 Å². The van der Waals surface area contributed by atoms with Crippen molar-refractivity contribution in [1.29, 1.82) is 0 Å². The lowest BCUT2D eigenvalue weighted by atomic mass is 10.1. The maximum Gasteiger partial charge on any atom is 0.247 e. The molecule has 112 valence electrons. The molecule has 1 aromatic heterocycles. The molecule has 1 heterocycles. The summed E-state index contributed by atoms with van der Waals surface area (Å²) in [4.78, 5) is 12.0. The first-order valence-corrected chi connectivity index (χ1v) is 7.00. The molecular weight excluding hydrogens is 268 g/mol. The van der Waals surface area contributed by atoms with Crippen LogP contribution in [0.2, 0.25) is 0 Å². The Morgan fingerprint density at radius 2 is 2.24 bits per heavy atom. The highest BCUT2D eigenvalue weighted by molar-refractivity contribution is 5.92. The van der Waals surface area contributed by atoms with E-state index in [-0.39, 0.29) is 11.9 Å². The molecule has 0 aliphatic heterocycles. The number of aryl methyl sites for hydroxylation is 1. The summed E-state index contributed by atoms with van der Waals surface area (Å²) in [6.45, 7) is 6.80. The largest absolute Gasteiger partial charge is 0.423 e. The van der Waals surface area contributed by atoms with Gasteiger partial charge in [0.25, 0.3) is 0 Å². The highest BCUT2D eigenvalue weighted by Gasteiger charge is 2.11. The van der Waals surface area contributed by atoms with E-state index in [9.17, 15) is 4.79 Å². The number of rotatable bonds is 6. The molecule has 0 aliphatic rings. The maximum atomic E-state index is 12.0. The second-order valence-electron chi connectivity index (χ2n) is 4.98. The predicted octanol–water partition coefficient (Wildman–Crippen LogP) is 2.37. The van der Waals surface area contributed by atoms with E-state index >= 15 is 0 Å². The van der Waals surface area contributed by atoms with Crippen molar-refractivity contribution in [1.82, 2.24) is 15.5 Å². The van der Waals surface area contributed by atoms with Crippen molar-refractivity contribution < 1.29 is 9.21 Å². The van der Waals surface area contributed by atoms with Crippen LogP contribution in [-0.4, -0.2) is 28.7 Å². The minimum atomic E-state index is -0.0192. The molecule has 21 heavy (non-hydrogen) atoms. The second kappa shape index (κ2) is 6.99. The van der Waals surface area contributed by atoms with E-state index in [0.717, 1.165) is 23.4 Å². The zero-order valence-electron chi connectivity index (χ0n) is 12.5. The summed E-state index contributed by atoms with van der Waals surface area (Å²) in [6, 6.07) is 5.80. The van der Waals surface area contributed by atoms with Gasteiger partial charge in [0, 0.05) is 23.7 Å². The monoisotopic (exact) mass is 288 g/mol. The number of hydrogen-bond acceptors (Lipinski definition) is 5. The van der Waals surface area contributed by atoms with Crippen molar-refractivity contribution >= 4 is 11.6 Å². The van der Waals surface area contributed by atoms with Crippen molar-refractivity contribution in [3.63, 3.8) is 0 Å². The number of anilines is 1. The molecule has 6 nitrogen and oxygen atoms in total. The fourth-order valence-corrected chi connectivity index (χ4v) is 2.09. The van der Waals surface area contributed by atoms with E-state index in [2.05, 4.69) is 20.8 Å². The number of carbonyl (C=O) groups excluding carboxylic acids is 1. The van der Waals surface area contributed by atoms with Gasteiger partial charge in [0.1, 0.15) is 0 Å². The summed E-state index contributed by atoms with van der Waals surface area (Å²) in [6.07, 6.45) is 1.71. The Morgan fingerprint density at radius 1 is 1.43 bits per heavy atom. The molecule has 2 aromatic rings. The van der Waals surface area contributed by atoms with E-state index in [0.29, 0.717) is 12.3 Å². The number of amides is 1. The lowest BCUT2D eigenvalue weighted by Gasteiger charge is -2.13. The van der Waals surface area contributed by atoms with Gasteiger partial charge in [-0.3, -0.25) is 4.79 Å². The first kappa shape index (κ1) is 15.2. The van der Waals surface area contributed by atoms with Crippen molar-refractivity contribution in [2.45, 2.75) is 33.2 Å². The zero-order chi connectivity index (χ0) is 15.2. The fraction of sp³-hybridized carbons (Fsp3) is 0.400. The molecule has 1 amide bonds. The quantitative estimate of drug-likeness (QED) is 0.853. The maximum absolute atomic E-state index is 12.0. The van der Waals surface area contributed by atoms with Crippen LogP contribution < -0.4 is 10.6 Å². The summed E-state index contributed by atoms with van der Waals surface area (Å²) in [5, 5.41) is 13.7. The summed E-state index contributed by atoms with van der Waals surface area (Å²) >= 11 is 0. The minimum absolute atomic E-state index is 0.0192. The number of aromatic nitrogens is 2. The summed E-state index contributed by atoms with van der Waals surface area (Å²) < 4.78 is 5.17. The van der Waals surface area contributed by atoms with Crippen LogP contribution in [0.1, 0.15) is 25.8 Å². The smallest absolute Gasteiger partial charge is 0.247 e. The Labute approximate surface area is 124 Å². The molecule has 0 fully saturated rings. The fourth-order valence-electron chi connectivity index (χ4n) is 2.09. The Morgan fingerprint density at radius 3 is 2.90 bits per heavy atom. The van der Waals surface area contributed by atoms with Crippen LogP contribution in [-0.2, 0) is 4.79 Å². The molecule has 1 unspecified atom stereocenters. The van der Waals surface area contributed by atoms with Gasteiger partial charge in [-0.05, 0) is 38.1 Å². The van der Waals surface area contributed by atoms with E-state index in [1.807, 2.05) is 39.0 Å². The molecule has 1 aromatic carbocycles. The Bertz CT molecular complexity index is 596. The van der Waals surface area contributed by atoms with Crippen molar-refractivity contribution in [2.75, 3.05) is 11.9 Å². The van der Waals surface area contributed by atoms with E-state index in [1.165, 1.54) is 6.39 Å². The zero-order valence-corrected chi connectivity index (χ0v) is 12.5. The highest BCUT2D eigenvalue weighted by Crippen LogP contribution is 2.24. The number of carbonyl (C=O) groups is 1. The van der Waals surface area contributed by atoms with E-state index in [1.54, 1.807) is 0 Å². The molecule has 0 radical (unpaired) electrons. The molecule has 0 spiro atoms. The van der Waals surface area contributed by atoms with Crippen LogP contribution in [0.15, 0.2) is 29.0 Å². The third kappa shape index (κ3) is 4.13. The van der Waals surface area contributed by atoms with Gasteiger partial charge in [0.05, 0.1) is 0 Å². The van der Waals surface area contributed by atoms with Gasteiger partial charge in [-0.1, -0.05) is 13.0 Å². The summed E-state index contributed by atoms with van der Waals surface area (Å²) in [5.74, 6) is 0.417. The third-order valence-corrected chi connectivity index (χ3v) is 3.16. The summed E-state index contributed by atoms with van der Waals surface area (Å²) in [7, 11) is 0. The Balaban J connectivity index is 2.09. The predicted molar refractivity (Wildman–Crippen MR) is 80.9 cm³/mol. The minimum Gasteiger partial charge on any atom is -0.423 e. The summed E-state index contributed by atoms with van der Waals surface area (Å²) in [5.41, 5.74) is 2.54. The average Bonchev–Trinajstić information content (AvgIpc) is 2.95. The lowest BCUT2D eigenvalue weighted by Crippen LogP contribution is -2.30. The van der Waals surface area contributed by atoms with Crippen LogP contribution in [0.3, 0.4) is 0 Å². The number of hydrogen-bond donors (Lipinski definition) is 2. The van der Waals surface area contributed by atoms with Crippen LogP contribution in [0.25, 0.3) is 11.5 Å². The van der Waals surface area contributed by atoms with Gasteiger partial charge in [-0.15, -0.1) is 10.2 Å². The van der Waals surface area contributed by atoms with Crippen LogP contribution in [0.4, 0.5) is 5.69 Å². The molecule has 2 N–H and O–H groups in total. The molecule has 0 bridgehead atoms. The van der Waals surface area contributed by atoms with Gasteiger partial charge in [-0.2, -0.15) is 0 Å². The van der Waals surface area contributed by atoms with Gasteiger partial charge in [-0.25, -0.2) is 0 Å². The highest BCUT2D eigenvalue weighted by atomic mass is 16.4. The van der Waals surface area contributed by atoms with Gasteiger partial charge in [0.2, 0.25) is 18.2 Å². The van der Waals surface area contributed by atoms with Crippen LogP contribution in [0, 0.1) is 6.92 Å². The van der Waals surface area contributed by atoms with Gasteiger partial charge >= 0.3 is 0 Å². The molecule has 0 saturated heterocycles. The normalized spacial score (nSPS) is 12.1. The van der Waals surface area contributed by atoms with E-state index in [4.69, 9.17) is 4.42 Å². The second-order valence-corrected chi connectivity index (χ2v) is 4.98. The molecule has 0 aliphatic carbocycles. The molecule has 1 atom stereocenters. The Hall–Kier alpha value is -2.21. The molecular formula is C15H20N4O2. The van der Waals surface area contributed by atoms with Crippen LogP contribution in [0.5, 0.6) is 0 Å². The number of nitrogens with zero attached hydrogens (tertiary/aromatic N) is 2. The molecule has 0 saturated carbocycles. The average molecular weight is 288 g/mol. The third-order valence-electron chi connectivity index (χ3n) is 3.16. The SMILES string of the molecule is CCNC(C)CC(=O)Nc1cc(-c2nnco2)ccc1C. The first-order valence-electron chi connectivity index (χ1n) is 7.00. The van der Waals surface area contributed by atoms with Crippen molar-refractivity contribution in [3.05, 3.63) is 30.2 Å². The topological polar surface area (TPSA) is 80.0 Å². The van der Waals surface area contributed by atoms with E-state index < -0.39 is 0 Å². The Kier molecular flexibility index (Phi) is 5.05. The van der Waals surface area contributed by atoms with Crippen LogP contribution >= 0.6 is 0 Å². The van der Waals surface area contributed by atoms with Gasteiger partial charge < -0.3 is 15.1 Å². The molecule has 2 rings (SSSR count).